The first kappa shape index (κ1) is 23.9. The van der Waals surface area contributed by atoms with E-state index in [1.807, 2.05) is 61.5 Å². The summed E-state index contributed by atoms with van der Waals surface area (Å²) >= 11 is 0. The molecule has 0 bridgehead atoms. The topological polar surface area (TPSA) is 109 Å². The van der Waals surface area contributed by atoms with E-state index in [1.165, 1.54) is 6.33 Å². The number of carbonyl (C=O) groups excluding carboxylic acids is 3. The summed E-state index contributed by atoms with van der Waals surface area (Å²) in [5.41, 5.74) is 3.84. The van der Waals surface area contributed by atoms with Gasteiger partial charge in [-0.1, -0.05) is 60.7 Å². The number of hydrogen-bond acceptors (Lipinski definition) is 5. The second-order valence-electron chi connectivity index (χ2n) is 8.85. The zero-order chi connectivity index (χ0) is 25.8. The number of rotatable bonds is 8. The molecule has 37 heavy (non-hydrogen) atoms. The summed E-state index contributed by atoms with van der Waals surface area (Å²) in [6.07, 6.45) is 3.08. The van der Waals surface area contributed by atoms with Crippen molar-refractivity contribution in [2.24, 2.45) is 0 Å². The van der Waals surface area contributed by atoms with Crippen LogP contribution in [0, 0.1) is 0 Å². The average Bonchev–Trinajstić information content (AvgIpc) is 3.56. The molecule has 2 atom stereocenters. The highest BCUT2D eigenvalue weighted by Crippen LogP contribution is 2.34. The Morgan fingerprint density at radius 3 is 2.43 bits per heavy atom. The van der Waals surface area contributed by atoms with Crippen molar-refractivity contribution >= 4 is 17.7 Å². The van der Waals surface area contributed by atoms with E-state index in [9.17, 15) is 14.4 Å². The van der Waals surface area contributed by atoms with E-state index in [2.05, 4.69) is 20.7 Å². The summed E-state index contributed by atoms with van der Waals surface area (Å²) in [5.74, 6) is -0.922. The van der Waals surface area contributed by atoms with E-state index in [0.29, 0.717) is 17.7 Å². The lowest BCUT2D eigenvalue weighted by Crippen LogP contribution is -2.43. The van der Waals surface area contributed by atoms with Crippen LogP contribution in [-0.4, -0.2) is 43.9 Å². The predicted molar refractivity (Wildman–Crippen MR) is 136 cm³/mol. The number of amides is 3. The number of fused-ring (bicyclic) bond motifs is 1. The molecule has 0 saturated carbocycles. The monoisotopic (exact) mass is 494 g/mol. The lowest BCUT2D eigenvalue weighted by atomic mass is 10.0. The number of aromatic nitrogens is 3. The minimum absolute atomic E-state index is 0.202. The molecule has 9 heteroatoms. The molecule has 0 aliphatic carbocycles. The zero-order valence-corrected chi connectivity index (χ0v) is 20.2. The maximum Gasteiger partial charge on any atom is 0.255 e. The lowest BCUT2D eigenvalue weighted by Gasteiger charge is -2.25. The molecule has 1 aliphatic rings. The second kappa shape index (κ2) is 10.4. The normalized spacial score (nSPS) is 15.2. The van der Waals surface area contributed by atoms with Gasteiger partial charge in [0, 0.05) is 12.1 Å². The molecule has 1 aliphatic heterocycles. The van der Waals surface area contributed by atoms with Crippen LogP contribution in [0.1, 0.15) is 46.1 Å². The highest BCUT2D eigenvalue weighted by molar-refractivity contribution is 6.05. The first-order chi connectivity index (χ1) is 18.0. The number of benzene rings is 3. The fourth-order valence-electron chi connectivity index (χ4n) is 4.49. The number of nitrogens with one attached hydrogen (secondary N) is 2. The first-order valence-electron chi connectivity index (χ1n) is 12.0. The molecule has 9 nitrogen and oxygen atoms in total. The van der Waals surface area contributed by atoms with Gasteiger partial charge in [0.1, 0.15) is 18.7 Å². The molecule has 4 aromatic rings. The highest BCUT2D eigenvalue weighted by Gasteiger charge is 2.40. The number of carbonyl (C=O) groups is 3. The third-order valence-electron chi connectivity index (χ3n) is 6.38. The van der Waals surface area contributed by atoms with E-state index in [4.69, 9.17) is 0 Å². The maximum absolute atomic E-state index is 13.3. The van der Waals surface area contributed by atoms with Crippen LogP contribution in [0.5, 0.6) is 0 Å². The molecule has 0 radical (unpaired) electrons. The third kappa shape index (κ3) is 5.11. The van der Waals surface area contributed by atoms with Gasteiger partial charge >= 0.3 is 0 Å². The summed E-state index contributed by atoms with van der Waals surface area (Å²) in [6.45, 7) is 1.96. The van der Waals surface area contributed by atoms with Gasteiger partial charge in [0.2, 0.25) is 11.8 Å². The first-order valence-corrected chi connectivity index (χ1v) is 12.0. The van der Waals surface area contributed by atoms with Crippen LogP contribution in [0.25, 0.3) is 5.69 Å². The van der Waals surface area contributed by atoms with E-state index >= 15 is 0 Å². The molecule has 5 rings (SSSR count). The Kier molecular flexibility index (Phi) is 6.76. The minimum Gasteiger partial charge on any atom is -0.348 e. The molecule has 0 fully saturated rings. The SMILES string of the molecule is C[C@H](NC(=O)CNC(=O)[C@@H]1c2ccccc2C(=O)N1Cc1ccccc1)c1ccc(-n2cncn2)cc1. The maximum atomic E-state index is 13.3. The molecule has 2 heterocycles. The number of nitrogens with zero attached hydrogens (tertiary/aromatic N) is 4. The average molecular weight is 495 g/mol. The molecule has 2 N–H and O–H groups in total. The summed E-state index contributed by atoms with van der Waals surface area (Å²) < 4.78 is 1.65. The fraction of sp³-hybridized carbons (Fsp3) is 0.179. The van der Waals surface area contributed by atoms with E-state index < -0.39 is 11.9 Å². The quantitative estimate of drug-likeness (QED) is 0.392. The molecular weight excluding hydrogens is 468 g/mol. The Bertz CT molecular complexity index is 1400. The summed E-state index contributed by atoms with van der Waals surface area (Å²) in [5, 5.41) is 9.73. The molecule has 1 aromatic heterocycles. The smallest absolute Gasteiger partial charge is 0.255 e. The van der Waals surface area contributed by atoms with Gasteiger partial charge in [-0.25, -0.2) is 9.67 Å². The largest absolute Gasteiger partial charge is 0.348 e. The molecule has 3 aromatic carbocycles. The van der Waals surface area contributed by atoms with Crippen LogP contribution in [0.2, 0.25) is 0 Å². The van der Waals surface area contributed by atoms with Crippen molar-refractivity contribution in [2.75, 3.05) is 6.54 Å². The van der Waals surface area contributed by atoms with Crippen LogP contribution < -0.4 is 10.6 Å². The Balaban J connectivity index is 1.22. The number of hydrogen-bond donors (Lipinski definition) is 2. The molecule has 0 unspecified atom stereocenters. The van der Waals surface area contributed by atoms with E-state index in [0.717, 1.165) is 16.8 Å². The van der Waals surface area contributed by atoms with Crippen molar-refractivity contribution in [1.29, 1.82) is 0 Å². The zero-order valence-electron chi connectivity index (χ0n) is 20.2. The van der Waals surface area contributed by atoms with Crippen molar-refractivity contribution in [2.45, 2.75) is 25.6 Å². The summed E-state index contributed by atoms with van der Waals surface area (Å²) in [6, 6.07) is 23.1. The van der Waals surface area contributed by atoms with Crippen LogP contribution in [0.4, 0.5) is 0 Å². The fourth-order valence-corrected chi connectivity index (χ4v) is 4.49. The van der Waals surface area contributed by atoms with Gasteiger partial charge in [0.05, 0.1) is 18.3 Å². The van der Waals surface area contributed by atoms with Crippen LogP contribution in [0.15, 0.2) is 91.5 Å². The lowest BCUT2D eigenvalue weighted by molar-refractivity contribution is -0.129. The second-order valence-corrected chi connectivity index (χ2v) is 8.85. The molecule has 0 spiro atoms. The highest BCUT2D eigenvalue weighted by atomic mass is 16.2. The van der Waals surface area contributed by atoms with Gasteiger partial charge in [-0.05, 0) is 41.8 Å². The Hall–Kier alpha value is -4.79. The molecular formula is C28H26N6O3. The Morgan fingerprint density at radius 1 is 0.973 bits per heavy atom. The molecule has 0 saturated heterocycles. The summed E-state index contributed by atoms with van der Waals surface area (Å²) in [7, 11) is 0. The van der Waals surface area contributed by atoms with Crippen LogP contribution >= 0.6 is 0 Å². The van der Waals surface area contributed by atoms with Crippen molar-refractivity contribution in [3.05, 3.63) is 114 Å². The van der Waals surface area contributed by atoms with Gasteiger partial charge < -0.3 is 15.5 Å². The standard InChI is InChI=1S/C28H26N6O3/c1-19(21-11-13-22(14-12-21)34-18-29-17-31-34)32-25(35)15-30-27(36)26-23-9-5-6-10-24(23)28(37)33(26)16-20-7-3-2-4-8-20/h2-14,17-19,26H,15-16H2,1H3,(H,30,36)(H,32,35)/t19-,26-/m0/s1. The van der Waals surface area contributed by atoms with Crippen molar-refractivity contribution in [3.8, 4) is 5.69 Å². The Labute approximate surface area is 214 Å². The van der Waals surface area contributed by atoms with Gasteiger partial charge in [0.25, 0.3) is 5.91 Å². The molecule has 3 amide bonds. The van der Waals surface area contributed by atoms with Gasteiger partial charge in [-0.3, -0.25) is 14.4 Å². The minimum atomic E-state index is -0.807. The van der Waals surface area contributed by atoms with Crippen LogP contribution in [0.3, 0.4) is 0 Å². The van der Waals surface area contributed by atoms with Gasteiger partial charge in [-0.2, -0.15) is 5.10 Å². The third-order valence-corrected chi connectivity index (χ3v) is 6.38. The summed E-state index contributed by atoms with van der Waals surface area (Å²) in [4.78, 5) is 44.5. The predicted octanol–water partition coefficient (Wildman–Crippen LogP) is 2.96. The van der Waals surface area contributed by atoms with Gasteiger partial charge in [-0.15, -0.1) is 0 Å². The van der Waals surface area contributed by atoms with Crippen LogP contribution in [-0.2, 0) is 16.1 Å². The molecule has 186 valence electrons. The van der Waals surface area contributed by atoms with Crippen molar-refractivity contribution in [3.63, 3.8) is 0 Å². The Morgan fingerprint density at radius 2 is 1.70 bits per heavy atom. The van der Waals surface area contributed by atoms with E-state index in [1.54, 1.807) is 40.2 Å². The van der Waals surface area contributed by atoms with Crippen molar-refractivity contribution in [1.82, 2.24) is 30.3 Å². The van der Waals surface area contributed by atoms with Gasteiger partial charge in [0.15, 0.2) is 0 Å². The van der Waals surface area contributed by atoms with E-state index in [-0.39, 0.29) is 24.4 Å². The van der Waals surface area contributed by atoms with Crippen molar-refractivity contribution < 1.29 is 14.4 Å².